The molecule has 0 aliphatic carbocycles. The summed E-state index contributed by atoms with van der Waals surface area (Å²) in [6.07, 6.45) is 2.33. The molecule has 1 aliphatic heterocycles. The third-order valence-corrected chi connectivity index (χ3v) is 6.90. The Morgan fingerprint density at radius 3 is 2.86 bits per heavy atom. The van der Waals surface area contributed by atoms with Crippen LogP contribution >= 0.6 is 11.6 Å². The van der Waals surface area contributed by atoms with Gasteiger partial charge in [0.1, 0.15) is 5.82 Å². The van der Waals surface area contributed by atoms with Crippen molar-refractivity contribution in [2.45, 2.75) is 52.1 Å². The van der Waals surface area contributed by atoms with Crippen LogP contribution in [0.15, 0.2) is 30.5 Å². The number of benzene rings is 1. The average molecular weight is 505 g/mol. The first-order chi connectivity index (χ1) is 16.7. The second-order valence-corrected chi connectivity index (χ2v) is 9.42. The highest BCUT2D eigenvalue weighted by atomic mass is 35.5. The van der Waals surface area contributed by atoms with Gasteiger partial charge in [0.2, 0.25) is 5.95 Å². The highest BCUT2D eigenvalue weighted by Gasteiger charge is 2.46. The molecule has 0 spiro atoms. The first-order valence-corrected chi connectivity index (χ1v) is 11.8. The summed E-state index contributed by atoms with van der Waals surface area (Å²) in [7, 11) is 0. The number of aryl methyl sites for hydroxylation is 1. The number of nitrogens with zero attached hydrogens (tertiary/aromatic N) is 4. The van der Waals surface area contributed by atoms with Crippen molar-refractivity contribution < 1.29 is 18.7 Å². The van der Waals surface area contributed by atoms with Crippen molar-refractivity contribution in [3.05, 3.63) is 64.2 Å². The zero-order valence-electron chi connectivity index (χ0n) is 19.5. The third kappa shape index (κ3) is 5.43. The van der Waals surface area contributed by atoms with Gasteiger partial charge in [-0.2, -0.15) is 9.49 Å². The molecule has 186 valence electrons. The molecule has 4 rings (SSSR count). The first-order valence-electron chi connectivity index (χ1n) is 11.4. The summed E-state index contributed by atoms with van der Waals surface area (Å²) in [5.74, 6) is -1.50. The molecule has 0 radical (unpaired) electrons. The number of rotatable bonds is 8. The smallest absolute Gasteiger partial charge is 0.310 e. The van der Waals surface area contributed by atoms with E-state index < -0.39 is 23.1 Å². The molecule has 2 atom stereocenters. The van der Waals surface area contributed by atoms with Gasteiger partial charge >= 0.3 is 5.97 Å². The number of nitrogens with one attached hydrogen (secondary N) is 2. The predicted octanol–water partition coefficient (Wildman–Crippen LogP) is 4.87. The number of H-pyrrole nitrogens is 1. The highest BCUT2D eigenvalue weighted by Crippen LogP contribution is 2.40. The summed E-state index contributed by atoms with van der Waals surface area (Å²) in [5.41, 5.74) is 0.0563. The van der Waals surface area contributed by atoms with E-state index in [0.717, 1.165) is 5.69 Å². The molecule has 0 saturated carbocycles. The van der Waals surface area contributed by atoms with Gasteiger partial charge in [-0.25, -0.2) is 14.4 Å². The quantitative estimate of drug-likeness (QED) is 0.401. The molecule has 0 unspecified atom stereocenters. The van der Waals surface area contributed by atoms with Crippen LogP contribution in [0.1, 0.15) is 43.1 Å². The van der Waals surface area contributed by atoms with Gasteiger partial charge in [0.05, 0.1) is 22.3 Å². The molecule has 11 heteroatoms. The SMILES string of the molecule is CC[C@H]1C[C@@](Cc2nc(Nc3cc(C)[nH]n3)cnc2F)(C(=O)O)CCN1Cc1cccc(Cl)c1F. The summed E-state index contributed by atoms with van der Waals surface area (Å²) in [6, 6.07) is 6.49. The summed E-state index contributed by atoms with van der Waals surface area (Å²) in [6.45, 7) is 4.53. The Kier molecular flexibility index (Phi) is 7.32. The number of carboxylic acids is 1. The molecule has 1 fully saturated rings. The molecular weight excluding hydrogens is 478 g/mol. The lowest BCUT2D eigenvalue weighted by molar-refractivity contribution is -0.154. The van der Waals surface area contributed by atoms with Gasteiger partial charge in [0.15, 0.2) is 11.6 Å². The molecule has 3 N–H and O–H groups in total. The van der Waals surface area contributed by atoms with E-state index in [1.54, 1.807) is 18.2 Å². The highest BCUT2D eigenvalue weighted by molar-refractivity contribution is 6.30. The summed E-state index contributed by atoms with van der Waals surface area (Å²) in [5, 5.41) is 20.1. The Bertz CT molecular complexity index is 1220. The average Bonchev–Trinajstić information content (AvgIpc) is 3.24. The van der Waals surface area contributed by atoms with E-state index in [1.807, 2.05) is 13.8 Å². The van der Waals surface area contributed by atoms with Gasteiger partial charge in [0, 0.05) is 36.3 Å². The predicted molar refractivity (Wildman–Crippen MR) is 128 cm³/mol. The molecule has 1 saturated heterocycles. The zero-order valence-corrected chi connectivity index (χ0v) is 20.2. The van der Waals surface area contributed by atoms with Crippen molar-refractivity contribution in [2.75, 3.05) is 11.9 Å². The molecule has 1 aromatic carbocycles. The first kappa shape index (κ1) is 25.0. The van der Waals surface area contributed by atoms with Crippen molar-refractivity contribution in [1.82, 2.24) is 25.1 Å². The summed E-state index contributed by atoms with van der Waals surface area (Å²) < 4.78 is 29.1. The van der Waals surface area contributed by atoms with Crippen molar-refractivity contribution in [2.24, 2.45) is 5.41 Å². The van der Waals surface area contributed by atoms with E-state index >= 15 is 0 Å². The number of aromatic nitrogens is 4. The Morgan fingerprint density at radius 1 is 1.37 bits per heavy atom. The Hall–Kier alpha value is -3.11. The maximum absolute atomic E-state index is 14.6. The lowest BCUT2D eigenvalue weighted by Gasteiger charge is -2.44. The number of carbonyl (C=O) groups is 1. The number of carboxylic acid groups (broad SMARTS) is 1. The van der Waals surface area contributed by atoms with Gasteiger partial charge in [-0.05, 0) is 38.8 Å². The molecule has 3 heterocycles. The molecule has 0 bridgehead atoms. The van der Waals surface area contributed by atoms with Crippen LogP contribution in [0.2, 0.25) is 5.02 Å². The standard InChI is InChI=1S/C24H27ClF2N6O2/c1-3-16-10-24(23(34)35,7-8-33(16)13-15-5-4-6-17(25)21(15)26)11-18-22(27)28-12-20(29-18)30-19-9-14(2)31-32-19/h4-6,9,12,16H,3,7-8,10-11,13H2,1-2H3,(H,34,35)(H2,29,30,31,32)/t16-,24-/m0/s1. The second kappa shape index (κ2) is 10.2. The molecule has 2 aromatic heterocycles. The number of aromatic amines is 1. The van der Waals surface area contributed by atoms with E-state index in [9.17, 15) is 18.7 Å². The molecular formula is C24H27ClF2N6O2. The zero-order chi connectivity index (χ0) is 25.2. The van der Waals surface area contributed by atoms with Gasteiger partial charge in [-0.1, -0.05) is 30.7 Å². The van der Waals surface area contributed by atoms with Crippen molar-refractivity contribution >= 4 is 29.2 Å². The van der Waals surface area contributed by atoms with E-state index in [0.29, 0.717) is 30.9 Å². The fraction of sp³-hybridized carbons (Fsp3) is 0.417. The number of hydrogen-bond acceptors (Lipinski definition) is 6. The van der Waals surface area contributed by atoms with E-state index in [-0.39, 0.29) is 41.8 Å². The molecule has 35 heavy (non-hydrogen) atoms. The minimum atomic E-state index is -1.22. The van der Waals surface area contributed by atoms with Gasteiger partial charge < -0.3 is 10.4 Å². The van der Waals surface area contributed by atoms with Crippen molar-refractivity contribution in [1.29, 1.82) is 0 Å². The number of halogens is 3. The van der Waals surface area contributed by atoms with Gasteiger partial charge in [0.25, 0.3) is 0 Å². The number of likely N-dealkylation sites (tertiary alicyclic amines) is 1. The van der Waals surface area contributed by atoms with Crippen LogP contribution in [0.3, 0.4) is 0 Å². The van der Waals surface area contributed by atoms with Crippen LogP contribution in [-0.4, -0.2) is 48.7 Å². The van der Waals surface area contributed by atoms with Crippen LogP contribution in [0.25, 0.3) is 0 Å². The van der Waals surface area contributed by atoms with Crippen LogP contribution < -0.4 is 5.32 Å². The number of piperidine rings is 1. The largest absolute Gasteiger partial charge is 0.481 e. The number of hydrogen-bond donors (Lipinski definition) is 3. The van der Waals surface area contributed by atoms with Crippen molar-refractivity contribution in [3.63, 3.8) is 0 Å². The fourth-order valence-electron chi connectivity index (χ4n) is 4.67. The normalized spacial score (nSPS) is 20.7. The van der Waals surface area contributed by atoms with Crippen LogP contribution in [0.4, 0.5) is 20.4 Å². The van der Waals surface area contributed by atoms with Gasteiger partial charge in [-0.15, -0.1) is 0 Å². The maximum Gasteiger partial charge on any atom is 0.310 e. The minimum Gasteiger partial charge on any atom is -0.481 e. The number of anilines is 2. The Balaban J connectivity index is 1.54. The van der Waals surface area contributed by atoms with Crippen molar-refractivity contribution in [3.8, 4) is 0 Å². The molecule has 0 amide bonds. The van der Waals surface area contributed by atoms with E-state index in [2.05, 4.69) is 30.4 Å². The summed E-state index contributed by atoms with van der Waals surface area (Å²) in [4.78, 5) is 22.7. The molecule has 1 aliphatic rings. The number of aliphatic carboxylic acids is 1. The second-order valence-electron chi connectivity index (χ2n) is 9.02. The van der Waals surface area contributed by atoms with Gasteiger partial charge in [-0.3, -0.25) is 14.8 Å². The Morgan fingerprint density at radius 2 is 2.17 bits per heavy atom. The van der Waals surface area contributed by atoms with Crippen LogP contribution in [0.5, 0.6) is 0 Å². The monoisotopic (exact) mass is 504 g/mol. The van der Waals surface area contributed by atoms with E-state index in [1.165, 1.54) is 12.3 Å². The molecule has 8 nitrogen and oxygen atoms in total. The third-order valence-electron chi connectivity index (χ3n) is 6.61. The molecule has 3 aromatic rings. The topological polar surface area (TPSA) is 107 Å². The lowest BCUT2D eigenvalue weighted by atomic mass is 9.71. The van der Waals surface area contributed by atoms with Crippen LogP contribution in [-0.2, 0) is 17.8 Å². The van der Waals surface area contributed by atoms with Crippen LogP contribution in [0, 0.1) is 24.1 Å². The fourth-order valence-corrected chi connectivity index (χ4v) is 4.87. The maximum atomic E-state index is 14.6. The van der Waals surface area contributed by atoms with E-state index in [4.69, 9.17) is 11.6 Å². The Labute approximate surface area is 206 Å². The lowest BCUT2D eigenvalue weighted by Crippen LogP contribution is -2.50. The minimum absolute atomic E-state index is 0.0196. The summed E-state index contributed by atoms with van der Waals surface area (Å²) >= 11 is 5.93.